The molecule has 0 aliphatic carbocycles. The molecule has 1 aliphatic rings. The molecule has 40 heavy (non-hydrogen) atoms. The molecule has 3 aromatic rings. The van der Waals surface area contributed by atoms with Crippen molar-refractivity contribution in [1.29, 1.82) is 0 Å². The maximum absolute atomic E-state index is 13.8. The van der Waals surface area contributed by atoms with E-state index >= 15 is 0 Å². The molecule has 4 amide bonds. The van der Waals surface area contributed by atoms with Gasteiger partial charge in [0.15, 0.2) is 0 Å². The number of nitrogens with one attached hydrogen (secondary N) is 1. The average molecular weight is 605 g/mol. The predicted molar refractivity (Wildman–Crippen MR) is 158 cm³/mol. The zero-order valence-corrected chi connectivity index (χ0v) is 24.4. The Morgan fingerprint density at radius 2 is 1.50 bits per heavy atom. The highest BCUT2D eigenvalue weighted by Crippen LogP contribution is 2.23. The summed E-state index contributed by atoms with van der Waals surface area (Å²) in [5.74, 6) is -0.836. The van der Waals surface area contributed by atoms with Crippen LogP contribution in [0.1, 0.15) is 58.5 Å². The van der Waals surface area contributed by atoms with Crippen LogP contribution in [0.5, 0.6) is 0 Å². The molecule has 0 aromatic heterocycles. The van der Waals surface area contributed by atoms with Crippen molar-refractivity contribution >= 4 is 39.6 Å². The van der Waals surface area contributed by atoms with Crippen LogP contribution >= 0.6 is 15.9 Å². The predicted octanol–water partition coefficient (Wildman–Crippen LogP) is 5.24. The molecular weight excluding hydrogens is 570 g/mol. The topological polar surface area (TPSA) is 86.8 Å². The van der Waals surface area contributed by atoms with Gasteiger partial charge in [-0.05, 0) is 47.7 Å². The molecule has 0 spiro atoms. The first-order valence-electron chi connectivity index (χ1n) is 13.6. The zero-order chi connectivity index (χ0) is 28.6. The lowest BCUT2D eigenvalue weighted by Gasteiger charge is -2.32. The van der Waals surface area contributed by atoms with E-state index in [0.717, 1.165) is 15.6 Å². The van der Waals surface area contributed by atoms with E-state index in [9.17, 15) is 19.2 Å². The Hall–Kier alpha value is -3.78. The fourth-order valence-electron chi connectivity index (χ4n) is 4.78. The van der Waals surface area contributed by atoms with Gasteiger partial charge in [-0.3, -0.25) is 24.1 Å². The number of imide groups is 1. The second kappa shape index (κ2) is 13.5. The van der Waals surface area contributed by atoms with Crippen molar-refractivity contribution in [3.05, 3.63) is 106 Å². The molecule has 1 N–H and O–H groups in total. The standard InChI is InChI=1S/C32H34BrN3O4/c1-22(2)20-34-30(38)28(19-23-10-4-3-5-11-23)36(21-24-12-8-13-25(33)18-24)29(37)16-9-17-35-31(39)26-14-6-7-15-27(26)32(35)40/h3-8,10-15,18,22,28H,9,16-17,19-21H2,1-2H3,(H,34,38)/t28-/m0/s1. The Kier molecular flexibility index (Phi) is 9.88. The van der Waals surface area contributed by atoms with E-state index in [-0.39, 0.29) is 49.1 Å². The summed E-state index contributed by atoms with van der Waals surface area (Å²) >= 11 is 3.50. The molecule has 0 saturated heterocycles. The van der Waals surface area contributed by atoms with Gasteiger partial charge in [-0.25, -0.2) is 0 Å². The number of halogens is 1. The minimum atomic E-state index is -0.730. The number of fused-ring (bicyclic) bond motifs is 1. The summed E-state index contributed by atoms with van der Waals surface area (Å²) in [6, 6.07) is 23.3. The number of benzene rings is 3. The van der Waals surface area contributed by atoms with Gasteiger partial charge in [0, 0.05) is 36.9 Å². The van der Waals surface area contributed by atoms with Crippen molar-refractivity contribution < 1.29 is 19.2 Å². The fourth-order valence-corrected chi connectivity index (χ4v) is 5.23. The van der Waals surface area contributed by atoms with Crippen molar-refractivity contribution in [3.63, 3.8) is 0 Å². The molecule has 0 radical (unpaired) electrons. The van der Waals surface area contributed by atoms with Crippen LogP contribution in [0.25, 0.3) is 0 Å². The maximum atomic E-state index is 13.8. The fraction of sp³-hybridized carbons (Fsp3) is 0.312. The quantitative estimate of drug-likeness (QED) is 0.287. The summed E-state index contributed by atoms with van der Waals surface area (Å²) in [5.41, 5.74) is 2.61. The van der Waals surface area contributed by atoms with E-state index in [1.165, 1.54) is 4.90 Å². The van der Waals surface area contributed by atoms with Gasteiger partial charge in [-0.15, -0.1) is 0 Å². The molecule has 4 rings (SSSR count). The highest BCUT2D eigenvalue weighted by atomic mass is 79.9. The Morgan fingerprint density at radius 1 is 0.875 bits per heavy atom. The Morgan fingerprint density at radius 3 is 2.12 bits per heavy atom. The summed E-state index contributed by atoms with van der Waals surface area (Å²) in [5, 5.41) is 3.02. The lowest BCUT2D eigenvalue weighted by Crippen LogP contribution is -2.51. The summed E-state index contributed by atoms with van der Waals surface area (Å²) in [4.78, 5) is 55.7. The molecule has 0 fully saturated rings. The van der Waals surface area contributed by atoms with Crippen LogP contribution in [-0.2, 0) is 22.6 Å². The largest absolute Gasteiger partial charge is 0.354 e. The first-order chi connectivity index (χ1) is 19.2. The molecule has 208 valence electrons. The first kappa shape index (κ1) is 29.2. The molecule has 7 nitrogen and oxygen atoms in total. The van der Waals surface area contributed by atoms with Gasteiger partial charge in [-0.1, -0.05) is 84.4 Å². The summed E-state index contributed by atoms with van der Waals surface area (Å²) in [6.45, 7) is 4.93. The van der Waals surface area contributed by atoms with E-state index in [4.69, 9.17) is 0 Å². The van der Waals surface area contributed by atoms with Gasteiger partial charge in [0.05, 0.1) is 11.1 Å². The second-order valence-electron chi connectivity index (χ2n) is 10.4. The smallest absolute Gasteiger partial charge is 0.261 e. The van der Waals surface area contributed by atoms with Crippen molar-refractivity contribution in [2.75, 3.05) is 13.1 Å². The zero-order valence-electron chi connectivity index (χ0n) is 22.8. The van der Waals surface area contributed by atoms with E-state index in [0.29, 0.717) is 30.5 Å². The minimum absolute atomic E-state index is 0.0875. The highest BCUT2D eigenvalue weighted by molar-refractivity contribution is 9.10. The number of rotatable bonds is 12. The van der Waals surface area contributed by atoms with Gasteiger partial charge in [0.25, 0.3) is 11.8 Å². The van der Waals surface area contributed by atoms with Crippen LogP contribution < -0.4 is 5.32 Å². The third-order valence-electron chi connectivity index (χ3n) is 6.85. The first-order valence-corrected chi connectivity index (χ1v) is 14.3. The molecule has 8 heteroatoms. The molecule has 1 heterocycles. The van der Waals surface area contributed by atoms with Crippen molar-refractivity contribution in [3.8, 4) is 0 Å². The number of nitrogens with zero attached hydrogens (tertiary/aromatic N) is 2. The summed E-state index contributed by atoms with van der Waals surface area (Å²) in [7, 11) is 0. The van der Waals surface area contributed by atoms with Crippen LogP contribution in [0.2, 0.25) is 0 Å². The normalized spacial score (nSPS) is 13.3. The SMILES string of the molecule is CC(C)CNC(=O)[C@H](Cc1ccccc1)N(Cc1cccc(Br)c1)C(=O)CCCN1C(=O)c2ccccc2C1=O. The molecule has 1 atom stereocenters. The lowest BCUT2D eigenvalue weighted by molar-refractivity contribution is -0.141. The molecule has 1 aliphatic heterocycles. The molecule has 0 unspecified atom stereocenters. The number of amides is 4. The van der Waals surface area contributed by atoms with Crippen LogP contribution in [0, 0.1) is 5.92 Å². The molecular formula is C32H34BrN3O4. The summed E-state index contributed by atoms with van der Waals surface area (Å²) < 4.78 is 0.881. The van der Waals surface area contributed by atoms with Crippen molar-refractivity contribution in [2.24, 2.45) is 5.92 Å². The molecule has 0 saturated carbocycles. The average Bonchev–Trinajstić information content (AvgIpc) is 3.19. The Labute approximate surface area is 243 Å². The van der Waals surface area contributed by atoms with Crippen LogP contribution in [0.15, 0.2) is 83.3 Å². The monoisotopic (exact) mass is 603 g/mol. The Balaban J connectivity index is 1.54. The van der Waals surface area contributed by atoms with E-state index < -0.39 is 6.04 Å². The maximum Gasteiger partial charge on any atom is 0.261 e. The van der Waals surface area contributed by atoms with Gasteiger partial charge in [0.1, 0.15) is 6.04 Å². The van der Waals surface area contributed by atoms with Crippen LogP contribution in [0.3, 0.4) is 0 Å². The minimum Gasteiger partial charge on any atom is -0.354 e. The van der Waals surface area contributed by atoms with E-state index in [1.54, 1.807) is 29.2 Å². The third-order valence-corrected chi connectivity index (χ3v) is 7.34. The van der Waals surface area contributed by atoms with Crippen LogP contribution in [-0.4, -0.2) is 52.6 Å². The van der Waals surface area contributed by atoms with Gasteiger partial charge < -0.3 is 10.2 Å². The lowest BCUT2D eigenvalue weighted by atomic mass is 10.0. The number of hydrogen-bond acceptors (Lipinski definition) is 4. The number of carbonyl (C=O) groups is 4. The van der Waals surface area contributed by atoms with E-state index in [2.05, 4.69) is 21.2 Å². The van der Waals surface area contributed by atoms with Crippen molar-refractivity contribution in [1.82, 2.24) is 15.1 Å². The third kappa shape index (κ3) is 7.24. The van der Waals surface area contributed by atoms with E-state index in [1.807, 2.05) is 68.4 Å². The molecule has 0 bridgehead atoms. The molecule has 3 aromatic carbocycles. The Bertz CT molecular complexity index is 1340. The van der Waals surface area contributed by atoms with Crippen LogP contribution in [0.4, 0.5) is 0 Å². The highest BCUT2D eigenvalue weighted by Gasteiger charge is 2.35. The number of carbonyl (C=O) groups excluding carboxylic acids is 4. The van der Waals surface area contributed by atoms with Gasteiger partial charge >= 0.3 is 0 Å². The van der Waals surface area contributed by atoms with Crippen molar-refractivity contribution in [2.45, 2.75) is 45.7 Å². The summed E-state index contributed by atoms with van der Waals surface area (Å²) in [6.07, 6.45) is 0.748. The second-order valence-corrected chi connectivity index (χ2v) is 11.3. The number of hydrogen-bond donors (Lipinski definition) is 1. The van der Waals surface area contributed by atoms with Gasteiger partial charge in [0.2, 0.25) is 11.8 Å². The van der Waals surface area contributed by atoms with Gasteiger partial charge in [-0.2, -0.15) is 0 Å².